The molecule has 2 rings (SSSR count). The average Bonchev–Trinajstić information content (AvgIpc) is 2.58. The summed E-state index contributed by atoms with van der Waals surface area (Å²) in [6, 6.07) is 9.79. The molecule has 6 heteroatoms. The first kappa shape index (κ1) is 17.3. The van der Waals surface area contributed by atoms with E-state index in [1.54, 1.807) is 21.3 Å². The van der Waals surface area contributed by atoms with Gasteiger partial charge in [-0.3, -0.25) is 0 Å². The van der Waals surface area contributed by atoms with E-state index in [2.05, 4.69) is 0 Å². The van der Waals surface area contributed by atoms with Crippen LogP contribution in [0.2, 0.25) is 0 Å². The first-order chi connectivity index (χ1) is 10.7. The van der Waals surface area contributed by atoms with Crippen molar-refractivity contribution in [2.45, 2.75) is 37.3 Å². The number of hydrogen-bond donors (Lipinski definition) is 1. The highest BCUT2D eigenvalue weighted by Crippen LogP contribution is 2.28. The molecular weight excluding hydrogens is 288 g/mol. The number of hydrogen-bond acceptors (Lipinski definition) is 6. The minimum Gasteiger partial charge on any atom is -0.394 e. The second-order valence-corrected chi connectivity index (χ2v) is 5.12. The molecule has 1 N–H and O–H groups in total. The van der Waals surface area contributed by atoms with Crippen molar-refractivity contribution < 1.29 is 28.8 Å². The fourth-order valence-corrected chi connectivity index (χ4v) is 2.71. The van der Waals surface area contributed by atoms with Crippen molar-refractivity contribution in [1.29, 1.82) is 0 Å². The summed E-state index contributed by atoms with van der Waals surface area (Å²) in [4.78, 5) is 0. The Morgan fingerprint density at radius 2 is 1.59 bits per heavy atom. The molecule has 6 nitrogen and oxygen atoms in total. The Hall–Kier alpha value is -1.02. The number of aliphatic hydroxyl groups is 1. The van der Waals surface area contributed by atoms with E-state index in [0.29, 0.717) is 6.61 Å². The normalized spacial score (nSPS) is 32.1. The molecule has 124 valence electrons. The van der Waals surface area contributed by atoms with Gasteiger partial charge in [0.05, 0.1) is 13.2 Å². The number of benzene rings is 1. The predicted octanol–water partition coefficient (Wildman–Crippen LogP) is 0.965. The number of aliphatic hydroxyl groups excluding tert-OH is 1. The summed E-state index contributed by atoms with van der Waals surface area (Å²) in [5.74, 6) is 0. The summed E-state index contributed by atoms with van der Waals surface area (Å²) < 4.78 is 28.0. The van der Waals surface area contributed by atoms with E-state index >= 15 is 0 Å². The highest BCUT2D eigenvalue weighted by Gasteiger charge is 2.47. The number of ether oxygens (including phenoxy) is 5. The first-order valence-electron chi connectivity index (χ1n) is 7.25. The second-order valence-electron chi connectivity index (χ2n) is 5.12. The lowest BCUT2D eigenvalue weighted by Gasteiger charge is -2.44. The molecule has 0 amide bonds. The first-order valence-corrected chi connectivity index (χ1v) is 7.25. The van der Waals surface area contributed by atoms with Crippen LogP contribution in [-0.4, -0.2) is 63.7 Å². The van der Waals surface area contributed by atoms with Crippen LogP contribution in [0.15, 0.2) is 30.3 Å². The van der Waals surface area contributed by atoms with E-state index in [-0.39, 0.29) is 12.7 Å². The molecule has 5 atom stereocenters. The average molecular weight is 312 g/mol. The monoisotopic (exact) mass is 312 g/mol. The zero-order valence-electron chi connectivity index (χ0n) is 13.2. The van der Waals surface area contributed by atoms with Gasteiger partial charge in [-0.25, -0.2) is 0 Å². The standard InChI is InChI=1S/C16H24O6/c1-18-13-12(9-17)22-16(15(20-3)14(13)19-2)21-10-11-7-5-4-6-8-11/h4-8,12-17H,9-10H2,1-3H3/t12-,13-,14+,15-,16+/m1/s1. The molecule has 0 spiro atoms. The molecule has 1 fully saturated rings. The van der Waals surface area contributed by atoms with Gasteiger partial charge in [0.1, 0.15) is 24.4 Å². The molecule has 0 bridgehead atoms. The smallest absolute Gasteiger partial charge is 0.187 e. The zero-order valence-corrected chi connectivity index (χ0v) is 13.2. The Balaban J connectivity index is 2.07. The van der Waals surface area contributed by atoms with Crippen LogP contribution < -0.4 is 0 Å². The third-order valence-electron chi connectivity index (χ3n) is 3.84. The Kier molecular flexibility index (Phi) is 6.75. The molecule has 1 aliphatic heterocycles. The van der Waals surface area contributed by atoms with E-state index < -0.39 is 24.6 Å². The van der Waals surface area contributed by atoms with Crippen LogP contribution in [0.3, 0.4) is 0 Å². The van der Waals surface area contributed by atoms with Gasteiger partial charge in [-0.15, -0.1) is 0 Å². The Morgan fingerprint density at radius 1 is 0.955 bits per heavy atom. The van der Waals surface area contributed by atoms with Crippen molar-refractivity contribution in [1.82, 2.24) is 0 Å². The minimum atomic E-state index is -0.640. The lowest BCUT2D eigenvalue weighted by Crippen LogP contribution is -2.61. The summed E-state index contributed by atoms with van der Waals surface area (Å²) in [5, 5.41) is 9.51. The molecule has 0 unspecified atom stereocenters. The Bertz CT molecular complexity index is 426. The van der Waals surface area contributed by atoms with Crippen LogP contribution >= 0.6 is 0 Å². The van der Waals surface area contributed by atoms with Gasteiger partial charge in [0.25, 0.3) is 0 Å². The zero-order chi connectivity index (χ0) is 15.9. The lowest BCUT2D eigenvalue weighted by atomic mass is 9.98. The predicted molar refractivity (Wildman–Crippen MR) is 79.4 cm³/mol. The van der Waals surface area contributed by atoms with Gasteiger partial charge in [-0.2, -0.15) is 0 Å². The van der Waals surface area contributed by atoms with E-state index in [0.717, 1.165) is 5.56 Å². The summed E-state index contributed by atoms with van der Waals surface area (Å²) in [5.41, 5.74) is 1.03. The highest BCUT2D eigenvalue weighted by atomic mass is 16.7. The Labute approximate surface area is 130 Å². The maximum Gasteiger partial charge on any atom is 0.187 e. The van der Waals surface area contributed by atoms with Gasteiger partial charge >= 0.3 is 0 Å². The number of rotatable bonds is 7. The third kappa shape index (κ3) is 3.84. The molecular formula is C16H24O6. The largest absolute Gasteiger partial charge is 0.394 e. The van der Waals surface area contributed by atoms with Crippen LogP contribution in [0.4, 0.5) is 0 Å². The van der Waals surface area contributed by atoms with Gasteiger partial charge in [-0.05, 0) is 5.56 Å². The molecule has 1 saturated heterocycles. The Morgan fingerprint density at radius 3 is 2.14 bits per heavy atom. The molecule has 0 saturated carbocycles. The van der Waals surface area contributed by atoms with Crippen LogP contribution in [0.1, 0.15) is 5.56 Å². The molecule has 1 aromatic rings. The van der Waals surface area contributed by atoms with Gasteiger partial charge < -0.3 is 28.8 Å². The van der Waals surface area contributed by atoms with E-state index in [4.69, 9.17) is 23.7 Å². The van der Waals surface area contributed by atoms with Crippen LogP contribution in [0.25, 0.3) is 0 Å². The fraction of sp³-hybridized carbons (Fsp3) is 0.625. The summed E-state index contributed by atoms with van der Waals surface area (Å²) >= 11 is 0. The molecule has 1 aliphatic rings. The van der Waals surface area contributed by atoms with Crippen molar-refractivity contribution in [2.75, 3.05) is 27.9 Å². The number of methoxy groups -OCH3 is 3. The molecule has 0 radical (unpaired) electrons. The van der Waals surface area contributed by atoms with E-state index in [9.17, 15) is 5.11 Å². The summed E-state index contributed by atoms with van der Waals surface area (Å²) in [7, 11) is 4.71. The van der Waals surface area contributed by atoms with Gasteiger partial charge in [0.15, 0.2) is 6.29 Å². The SMILES string of the molecule is CO[C@@H]1[C@@H](OC)[C@@H](OCc2ccccc2)O[C@H](CO)[C@H]1OC. The fourth-order valence-electron chi connectivity index (χ4n) is 2.71. The molecule has 22 heavy (non-hydrogen) atoms. The quantitative estimate of drug-likeness (QED) is 0.809. The molecule has 1 aromatic carbocycles. The van der Waals surface area contributed by atoms with E-state index in [1.807, 2.05) is 30.3 Å². The summed E-state index contributed by atoms with van der Waals surface area (Å²) in [6.45, 7) is 0.206. The van der Waals surface area contributed by atoms with Crippen molar-refractivity contribution in [2.24, 2.45) is 0 Å². The van der Waals surface area contributed by atoms with Crippen molar-refractivity contribution in [3.63, 3.8) is 0 Å². The van der Waals surface area contributed by atoms with Gasteiger partial charge in [0.2, 0.25) is 0 Å². The maximum absolute atomic E-state index is 9.51. The maximum atomic E-state index is 9.51. The highest BCUT2D eigenvalue weighted by molar-refractivity contribution is 5.13. The lowest BCUT2D eigenvalue weighted by molar-refractivity contribution is -0.315. The molecule has 1 heterocycles. The van der Waals surface area contributed by atoms with Gasteiger partial charge in [-0.1, -0.05) is 30.3 Å². The van der Waals surface area contributed by atoms with Crippen molar-refractivity contribution >= 4 is 0 Å². The van der Waals surface area contributed by atoms with Crippen molar-refractivity contribution in [3.8, 4) is 0 Å². The second kappa shape index (κ2) is 8.57. The summed E-state index contributed by atoms with van der Waals surface area (Å²) in [6.07, 6.45) is -2.42. The van der Waals surface area contributed by atoms with Crippen molar-refractivity contribution in [3.05, 3.63) is 35.9 Å². The topological polar surface area (TPSA) is 66.4 Å². The molecule has 0 aromatic heterocycles. The molecule has 0 aliphatic carbocycles. The van der Waals surface area contributed by atoms with Crippen LogP contribution in [0, 0.1) is 0 Å². The van der Waals surface area contributed by atoms with Crippen LogP contribution in [0.5, 0.6) is 0 Å². The van der Waals surface area contributed by atoms with Crippen LogP contribution in [-0.2, 0) is 30.3 Å². The van der Waals surface area contributed by atoms with E-state index in [1.165, 1.54) is 0 Å². The van der Waals surface area contributed by atoms with Gasteiger partial charge in [0, 0.05) is 21.3 Å². The minimum absolute atomic E-state index is 0.181. The third-order valence-corrected chi connectivity index (χ3v) is 3.84.